The maximum Gasteiger partial charge on any atom is 0.265 e. The van der Waals surface area contributed by atoms with E-state index in [0.717, 1.165) is 24.0 Å². The molecule has 0 bridgehead atoms. The molecule has 2 aliphatic heterocycles. The highest BCUT2D eigenvalue weighted by atomic mass is 19.1. The van der Waals surface area contributed by atoms with E-state index in [4.69, 9.17) is 4.74 Å². The number of fused-ring (bicyclic) bond motifs is 1. The van der Waals surface area contributed by atoms with Crippen LogP contribution in [0.5, 0.6) is 5.75 Å². The second kappa shape index (κ2) is 9.37. The molecule has 2 amide bonds. The average Bonchev–Trinajstić information content (AvgIpc) is 3.51. The highest BCUT2D eigenvalue weighted by Crippen LogP contribution is 2.37. The summed E-state index contributed by atoms with van der Waals surface area (Å²) in [6, 6.07) is 11.8. The largest absolute Gasteiger partial charge is 0.482 e. The number of anilines is 1. The van der Waals surface area contributed by atoms with Crippen molar-refractivity contribution in [1.29, 1.82) is 0 Å². The summed E-state index contributed by atoms with van der Waals surface area (Å²) < 4.78 is 18.8. The molecule has 3 heterocycles. The number of hydrogen-bond acceptors (Lipinski definition) is 5. The van der Waals surface area contributed by atoms with Gasteiger partial charge in [0, 0.05) is 13.0 Å². The summed E-state index contributed by atoms with van der Waals surface area (Å²) in [7, 11) is 0. The number of nitrogens with one attached hydrogen (secondary N) is 1. The van der Waals surface area contributed by atoms with Gasteiger partial charge < -0.3 is 9.64 Å². The molecule has 0 radical (unpaired) electrons. The molecule has 0 spiro atoms. The summed E-state index contributed by atoms with van der Waals surface area (Å²) >= 11 is 0. The number of nitrogens with zero attached hydrogens (tertiary/aromatic N) is 4. The van der Waals surface area contributed by atoms with Crippen LogP contribution in [0.1, 0.15) is 62.4 Å². The van der Waals surface area contributed by atoms with E-state index in [1.807, 2.05) is 18.2 Å². The molecular weight excluding hydrogens is 461 g/mol. The van der Waals surface area contributed by atoms with Gasteiger partial charge in [0.05, 0.1) is 11.7 Å². The number of hydrogen-bond donors (Lipinski definition) is 1. The molecule has 1 fully saturated rings. The fourth-order valence-corrected chi connectivity index (χ4v) is 4.74. The fourth-order valence-electron chi connectivity index (χ4n) is 4.74. The van der Waals surface area contributed by atoms with Crippen molar-refractivity contribution in [3.8, 4) is 5.75 Å². The fraction of sp³-hybridized carbons (Fsp3) is 0.407. The third kappa shape index (κ3) is 4.82. The topological polar surface area (TPSA) is 91.4 Å². The van der Waals surface area contributed by atoms with Gasteiger partial charge in [-0.05, 0) is 53.6 Å². The lowest BCUT2D eigenvalue weighted by atomic mass is 9.86. The van der Waals surface area contributed by atoms with Crippen LogP contribution in [0.2, 0.25) is 0 Å². The number of amides is 2. The highest BCUT2D eigenvalue weighted by Gasteiger charge is 2.36. The summed E-state index contributed by atoms with van der Waals surface area (Å²) in [4.78, 5) is 34.2. The van der Waals surface area contributed by atoms with Crippen molar-refractivity contribution in [2.24, 2.45) is 0 Å². The Balaban J connectivity index is 1.32. The molecule has 1 saturated heterocycles. The Kier molecular flexibility index (Phi) is 6.24. The zero-order chi connectivity index (χ0) is 25.4. The van der Waals surface area contributed by atoms with Gasteiger partial charge in [0.1, 0.15) is 23.9 Å². The van der Waals surface area contributed by atoms with Gasteiger partial charge in [0.25, 0.3) is 5.91 Å². The minimum absolute atomic E-state index is 0.0633. The zero-order valence-electron chi connectivity index (χ0n) is 20.8. The quantitative estimate of drug-likeness (QED) is 0.584. The number of carbonyl (C=O) groups is 2. The van der Waals surface area contributed by atoms with Crippen molar-refractivity contribution in [3.05, 3.63) is 71.1 Å². The Morgan fingerprint density at radius 2 is 1.97 bits per heavy atom. The summed E-state index contributed by atoms with van der Waals surface area (Å²) in [6.45, 7) is 6.74. The van der Waals surface area contributed by atoms with Gasteiger partial charge in [-0.1, -0.05) is 39.0 Å². The number of ether oxygens (including phenoxy) is 1. The standard InChI is InChI=1S/C27H30FN5O3/c1-27(2,3)18-8-11-22-21(14-18)33(25(35)16-36-22)15-24(34)32-12-4-5-20(32)26-29-23(30-31-26)13-17-6-9-19(28)10-7-17/h6-11,14,20H,4-5,12-13,15-16H2,1-3H3,(H,29,30,31)/t20-/m0/s1. The number of benzene rings is 2. The second-order valence-electron chi connectivity index (χ2n) is 10.4. The molecule has 188 valence electrons. The Hall–Kier alpha value is -3.75. The van der Waals surface area contributed by atoms with E-state index in [-0.39, 0.29) is 42.2 Å². The molecule has 5 rings (SSSR count). The lowest BCUT2D eigenvalue weighted by Crippen LogP contribution is -2.46. The second-order valence-corrected chi connectivity index (χ2v) is 10.4. The van der Waals surface area contributed by atoms with Crippen molar-refractivity contribution in [2.75, 3.05) is 24.6 Å². The van der Waals surface area contributed by atoms with Crippen LogP contribution >= 0.6 is 0 Å². The summed E-state index contributed by atoms with van der Waals surface area (Å²) in [5.74, 6) is 1.15. The van der Waals surface area contributed by atoms with Crippen molar-refractivity contribution in [1.82, 2.24) is 20.1 Å². The van der Waals surface area contributed by atoms with E-state index in [1.54, 1.807) is 17.0 Å². The molecule has 2 aliphatic rings. The number of H-pyrrole nitrogens is 1. The molecular formula is C27H30FN5O3. The van der Waals surface area contributed by atoms with Crippen LogP contribution in [0.15, 0.2) is 42.5 Å². The van der Waals surface area contributed by atoms with E-state index in [9.17, 15) is 14.0 Å². The minimum atomic E-state index is -0.284. The molecule has 8 nitrogen and oxygen atoms in total. The SMILES string of the molecule is CC(C)(C)c1ccc2c(c1)N(CC(=O)N1CCC[C@H]1c1n[nH]c(Cc3ccc(F)cc3)n1)C(=O)CO2. The summed E-state index contributed by atoms with van der Waals surface area (Å²) in [6.07, 6.45) is 2.07. The first-order chi connectivity index (χ1) is 17.2. The monoisotopic (exact) mass is 491 g/mol. The molecule has 3 aromatic rings. The third-order valence-electron chi connectivity index (χ3n) is 6.77. The first-order valence-electron chi connectivity index (χ1n) is 12.2. The normalized spacial score (nSPS) is 17.8. The molecule has 1 atom stereocenters. The lowest BCUT2D eigenvalue weighted by Gasteiger charge is -2.32. The minimum Gasteiger partial charge on any atom is -0.482 e. The first-order valence-corrected chi connectivity index (χ1v) is 12.2. The molecule has 0 saturated carbocycles. The van der Waals surface area contributed by atoms with E-state index in [1.165, 1.54) is 17.0 Å². The maximum atomic E-state index is 13.5. The first kappa shape index (κ1) is 24.0. The van der Waals surface area contributed by atoms with Gasteiger partial charge in [0.15, 0.2) is 12.4 Å². The lowest BCUT2D eigenvalue weighted by molar-refractivity contribution is -0.132. The number of carbonyl (C=O) groups excluding carboxylic acids is 2. The van der Waals surface area contributed by atoms with Crippen molar-refractivity contribution in [3.63, 3.8) is 0 Å². The van der Waals surface area contributed by atoms with Crippen LogP contribution < -0.4 is 9.64 Å². The van der Waals surface area contributed by atoms with Crippen molar-refractivity contribution in [2.45, 2.75) is 51.5 Å². The van der Waals surface area contributed by atoms with E-state index >= 15 is 0 Å². The van der Waals surface area contributed by atoms with Crippen LogP contribution in [0, 0.1) is 5.82 Å². The van der Waals surface area contributed by atoms with Crippen LogP contribution in [0.25, 0.3) is 0 Å². The summed E-state index contributed by atoms with van der Waals surface area (Å²) in [5, 5.41) is 7.33. The number of halogens is 1. The van der Waals surface area contributed by atoms with Crippen LogP contribution in [-0.4, -0.2) is 51.6 Å². The van der Waals surface area contributed by atoms with E-state index in [0.29, 0.717) is 36.1 Å². The third-order valence-corrected chi connectivity index (χ3v) is 6.77. The predicted molar refractivity (Wildman–Crippen MR) is 132 cm³/mol. The molecule has 9 heteroatoms. The predicted octanol–water partition coefficient (Wildman–Crippen LogP) is 3.92. The highest BCUT2D eigenvalue weighted by molar-refractivity contribution is 6.02. The number of rotatable bonds is 5. The maximum absolute atomic E-state index is 13.5. The van der Waals surface area contributed by atoms with Gasteiger partial charge in [-0.25, -0.2) is 9.37 Å². The Morgan fingerprint density at radius 1 is 1.19 bits per heavy atom. The molecule has 2 aromatic carbocycles. The smallest absolute Gasteiger partial charge is 0.265 e. The number of aromatic nitrogens is 3. The van der Waals surface area contributed by atoms with E-state index < -0.39 is 0 Å². The van der Waals surface area contributed by atoms with Crippen LogP contribution in [-0.2, 0) is 21.4 Å². The Bertz CT molecular complexity index is 1280. The molecule has 36 heavy (non-hydrogen) atoms. The van der Waals surface area contributed by atoms with Gasteiger partial charge in [-0.2, -0.15) is 5.10 Å². The molecule has 1 N–H and O–H groups in total. The average molecular weight is 492 g/mol. The van der Waals surface area contributed by atoms with Gasteiger partial charge in [-0.3, -0.25) is 19.6 Å². The van der Waals surface area contributed by atoms with Crippen molar-refractivity contribution < 1.29 is 18.7 Å². The van der Waals surface area contributed by atoms with Gasteiger partial charge in [0.2, 0.25) is 5.91 Å². The van der Waals surface area contributed by atoms with Gasteiger partial charge in [-0.15, -0.1) is 0 Å². The van der Waals surface area contributed by atoms with E-state index in [2.05, 4.69) is 36.0 Å². The molecule has 0 unspecified atom stereocenters. The molecule has 0 aliphatic carbocycles. The van der Waals surface area contributed by atoms with Crippen molar-refractivity contribution >= 4 is 17.5 Å². The Labute approximate surface area is 209 Å². The molecule has 1 aromatic heterocycles. The van der Waals surface area contributed by atoms with Crippen LogP contribution in [0.3, 0.4) is 0 Å². The number of aromatic amines is 1. The van der Waals surface area contributed by atoms with Gasteiger partial charge >= 0.3 is 0 Å². The Morgan fingerprint density at radius 3 is 2.72 bits per heavy atom. The van der Waals surface area contributed by atoms with Crippen LogP contribution in [0.4, 0.5) is 10.1 Å². The number of likely N-dealkylation sites (tertiary alicyclic amines) is 1. The zero-order valence-corrected chi connectivity index (χ0v) is 20.8. The summed E-state index contributed by atoms with van der Waals surface area (Å²) in [5.41, 5.74) is 2.49.